The molecule has 30 heavy (non-hydrogen) atoms. The predicted molar refractivity (Wildman–Crippen MR) is 110 cm³/mol. The van der Waals surface area contributed by atoms with Crippen molar-refractivity contribution >= 4 is 22.9 Å². The van der Waals surface area contributed by atoms with E-state index in [0.29, 0.717) is 5.82 Å². The molecule has 0 atom stereocenters. The van der Waals surface area contributed by atoms with Crippen LogP contribution in [-0.4, -0.2) is 31.1 Å². The van der Waals surface area contributed by atoms with Crippen molar-refractivity contribution in [1.82, 2.24) is 25.3 Å². The minimum Gasteiger partial charge on any atom is -1.00 e. The summed E-state index contributed by atoms with van der Waals surface area (Å²) in [5.41, 5.74) is 4.86. The number of hydrogen-bond acceptors (Lipinski definition) is 8. The topological polar surface area (TPSA) is 91.9 Å². The smallest absolute Gasteiger partial charge is 0.278 e. The van der Waals surface area contributed by atoms with Gasteiger partial charge < -0.3 is 17.0 Å². The van der Waals surface area contributed by atoms with Crippen molar-refractivity contribution in [3.63, 3.8) is 0 Å². The largest absolute Gasteiger partial charge is 1.00 e. The monoisotopic (exact) mass is 483 g/mol. The van der Waals surface area contributed by atoms with Gasteiger partial charge in [0.05, 0.1) is 11.3 Å². The zero-order valence-electron chi connectivity index (χ0n) is 16.2. The molecule has 0 fully saturated rings. The summed E-state index contributed by atoms with van der Waals surface area (Å²) in [6.07, 6.45) is 0. The highest BCUT2D eigenvalue weighted by atomic mass is 79.9. The molecule has 152 valence electrons. The van der Waals surface area contributed by atoms with Crippen molar-refractivity contribution in [2.45, 2.75) is 13.8 Å². The average Bonchev–Trinajstić information content (AvgIpc) is 3.48. The molecule has 0 bridgehead atoms. The Morgan fingerprint density at radius 1 is 0.933 bits per heavy atom. The number of aromatic nitrogens is 5. The van der Waals surface area contributed by atoms with Crippen LogP contribution in [0.1, 0.15) is 16.1 Å². The lowest BCUT2D eigenvalue weighted by molar-refractivity contribution is -0.547. The summed E-state index contributed by atoms with van der Waals surface area (Å²) in [7, 11) is 0. The lowest BCUT2D eigenvalue weighted by Crippen LogP contribution is -3.00. The van der Waals surface area contributed by atoms with Crippen LogP contribution in [0.15, 0.2) is 65.8 Å². The molecule has 0 radical (unpaired) electrons. The first-order chi connectivity index (χ1) is 14.2. The number of nitrogens with zero attached hydrogens (tertiary/aromatic N) is 8. The average molecular weight is 484 g/mol. The van der Waals surface area contributed by atoms with Crippen LogP contribution in [0, 0.1) is 13.8 Å². The molecule has 4 aromatic rings. The van der Waals surface area contributed by atoms with Crippen molar-refractivity contribution in [2.75, 3.05) is 10.3 Å². The quantitative estimate of drug-likeness (QED) is 0.360. The summed E-state index contributed by atoms with van der Waals surface area (Å²) >= 11 is 1.55. The Hall–Kier alpha value is -3.15. The zero-order valence-corrected chi connectivity index (χ0v) is 18.6. The summed E-state index contributed by atoms with van der Waals surface area (Å²) in [6, 6.07) is 19.9. The summed E-state index contributed by atoms with van der Waals surface area (Å²) in [4.78, 5) is 7.04. The molecule has 0 unspecified atom stereocenters. The van der Waals surface area contributed by atoms with E-state index in [9.17, 15) is 0 Å². The van der Waals surface area contributed by atoms with Crippen molar-refractivity contribution in [1.29, 1.82) is 0 Å². The number of hydrogen-bond donors (Lipinski definition) is 1. The van der Waals surface area contributed by atoms with E-state index in [0.717, 1.165) is 32.7 Å². The Morgan fingerprint density at radius 3 is 2.30 bits per heavy atom. The van der Waals surface area contributed by atoms with Gasteiger partial charge in [-0.3, -0.25) is 0 Å². The number of halogens is 1. The number of hydrazone groups is 1. The molecule has 2 aromatic carbocycles. The van der Waals surface area contributed by atoms with Crippen LogP contribution in [0.5, 0.6) is 0 Å². The van der Waals surface area contributed by atoms with Gasteiger partial charge in [0.1, 0.15) is 5.69 Å². The van der Waals surface area contributed by atoms with Gasteiger partial charge in [0.25, 0.3) is 5.84 Å². The number of amidine groups is 1. The highest BCUT2D eigenvalue weighted by Crippen LogP contribution is 2.24. The number of rotatable bonds is 4. The first-order valence-electron chi connectivity index (χ1n) is 9.07. The molecular formula is C19H18BrN9S. The van der Waals surface area contributed by atoms with Gasteiger partial charge in [0.2, 0.25) is 5.82 Å². The fourth-order valence-electron chi connectivity index (χ4n) is 2.90. The number of thiazole rings is 1. The second kappa shape index (κ2) is 8.30. The summed E-state index contributed by atoms with van der Waals surface area (Å²) < 4.78 is 0. The van der Waals surface area contributed by atoms with Crippen LogP contribution in [0.25, 0.3) is 10.8 Å². The van der Waals surface area contributed by atoms with Crippen molar-refractivity contribution < 1.29 is 22.4 Å². The van der Waals surface area contributed by atoms with Crippen LogP contribution in [0.3, 0.4) is 0 Å². The van der Waals surface area contributed by atoms with Gasteiger partial charge in [0.15, 0.2) is 5.01 Å². The fraction of sp³-hybridized carbons (Fsp3) is 0.105. The maximum Gasteiger partial charge on any atom is 0.278 e. The van der Waals surface area contributed by atoms with E-state index in [1.165, 1.54) is 4.91 Å². The first kappa shape index (κ1) is 20.1. The number of nitrogens with two attached hydrogens (primary N) is 1. The number of para-hydroxylation sites is 1. The lowest BCUT2D eigenvalue weighted by Gasteiger charge is -2.20. The van der Waals surface area contributed by atoms with Gasteiger partial charge in [-0.1, -0.05) is 46.6 Å². The molecule has 1 aliphatic rings. The molecule has 0 amide bonds. The maximum atomic E-state index is 4.72. The normalized spacial score (nSPS) is 13.3. The van der Waals surface area contributed by atoms with Gasteiger partial charge >= 0.3 is 0 Å². The van der Waals surface area contributed by atoms with Crippen LogP contribution < -0.4 is 32.8 Å². The Morgan fingerprint density at radius 2 is 1.63 bits per heavy atom. The van der Waals surface area contributed by atoms with Crippen molar-refractivity contribution in [3.8, 4) is 10.8 Å². The first-order valence-corrected chi connectivity index (χ1v) is 9.88. The van der Waals surface area contributed by atoms with E-state index in [1.54, 1.807) is 16.6 Å². The maximum absolute atomic E-state index is 4.72. The molecule has 5 rings (SSSR count). The van der Waals surface area contributed by atoms with E-state index in [1.807, 2.05) is 85.1 Å². The Labute approximate surface area is 187 Å². The minimum atomic E-state index is 0. The molecule has 11 heteroatoms. The van der Waals surface area contributed by atoms with E-state index in [4.69, 9.17) is 5.10 Å². The third-order valence-electron chi connectivity index (χ3n) is 4.51. The highest BCUT2D eigenvalue weighted by Gasteiger charge is 2.33. The van der Waals surface area contributed by atoms with E-state index in [2.05, 4.69) is 20.4 Å². The van der Waals surface area contributed by atoms with Crippen LogP contribution in [0.4, 0.5) is 5.69 Å². The second-order valence-electron chi connectivity index (χ2n) is 6.47. The third kappa shape index (κ3) is 3.70. The number of anilines is 1. The Bertz CT molecular complexity index is 1150. The second-order valence-corrected chi connectivity index (χ2v) is 7.67. The standard InChI is InChI=1S/C19H17N9S.BrH/c1-13-14(2)29-19(20-13)18-21-25-27(23-18)28-24-17(15-9-5-3-6-10-15)22-26(28)16-11-7-4-8-12-16;/h3-12H,1-2H3,(H,22,24);1H. The molecule has 0 aliphatic carbocycles. The SMILES string of the molecule is Cc1nc(-c2nnn(N3N=C(c4ccccc4)[NH2+]N3c3ccccc3)n2)sc1C.[Br-]. The number of tetrazole rings is 1. The zero-order chi connectivity index (χ0) is 19.8. The molecule has 1 aliphatic heterocycles. The van der Waals surface area contributed by atoms with Gasteiger partial charge in [-0.15, -0.1) is 21.5 Å². The van der Waals surface area contributed by atoms with Crippen LogP contribution >= 0.6 is 11.3 Å². The van der Waals surface area contributed by atoms with Crippen LogP contribution in [0.2, 0.25) is 0 Å². The van der Waals surface area contributed by atoms with Crippen LogP contribution in [-0.2, 0) is 0 Å². The minimum absolute atomic E-state index is 0. The van der Waals surface area contributed by atoms with Crippen molar-refractivity contribution in [2.24, 2.45) is 5.10 Å². The lowest BCUT2D eigenvalue weighted by atomic mass is 10.2. The highest BCUT2D eigenvalue weighted by molar-refractivity contribution is 7.15. The van der Waals surface area contributed by atoms with Gasteiger partial charge in [-0.05, 0) is 53.5 Å². The summed E-state index contributed by atoms with van der Waals surface area (Å²) in [6.45, 7) is 4.01. The molecule has 0 saturated carbocycles. The Kier molecular flexibility index (Phi) is 5.57. The number of hydrazine groups is 1. The number of benzene rings is 2. The molecule has 0 spiro atoms. The van der Waals surface area contributed by atoms with Crippen molar-refractivity contribution in [3.05, 3.63) is 76.8 Å². The summed E-state index contributed by atoms with van der Waals surface area (Å²) in [5, 5.41) is 21.9. The molecule has 2 aromatic heterocycles. The molecule has 3 heterocycles. The Balaban J connectivity index is 0.00000218. The summed E-state index contributed by atoms with van der Waals surface area (Å²) in [5.74, 6) is 1.27. The van der Waals surface area contributed by atoms with E-state index >= 15 is 0 Å². The van der Waals surface area contributed by atoms with Gasteiger partial charge in [-0.25, -0.2) is 4.98 Å². The third-order valence-corrected chi connectivity index (χ3v) is 5.58. The van der Waals surface area contributed by atoms with Gasteiger partial charge in [-0.2, -0.15) is 5.43 Å². The van der Waals surface area contributed by atoms with Gasteiger partial charge in [0, 0.05) is 4.88 Å². The molecule has 0 saturated heterocycles. The fourth-order valence-corrected chi connectivity index (χ4v) is 3.74. The predicted octanol–water partition coefficient (Wildman–Crippen LogP) is -1.37. The van der Waals surface area contributed by atoms with E-state index in [-0.39, 0.29) is 17.0 Å². The number of quaternary nitrogens is 1. The molecular weight excluding hydrogens is 466 g/mol. The number of aryl methyl sites for hydroxylation is 2. The van der Waals surface area contributed by atoms with E-state index < -0.39 is 0 Å². The molecule has 2 N–H and O–H groups in total. The molecule has 9 nitrogen and oxygen atoms in total.